The number of esters is 1. The van der Waals surface area contributed by atoms with Gasteiger partial charge in [-0.25, -0.2) is 4.79 Å². The number of hydrogen-bond donors (Lipinski definition) is 3. The van der Waals surface area contributed by atoms with Crippen LogP contribution in [0.3, 0.4) is 0 Å². The van der Waals surface area contributed by atoms with Crippen LogP contribution in [0.5, 0.6) is 0 Å². The maximum atomic E-state index is 10.7. The van der Waals surface area contributed by atoms with Crippen molar-refractivity contribution >= 4 is 17.9 Å². The predicted molar refractivity (Wildman–Crippen MR) is 49.8 cm³/mol. The number of rotatable bonds is 5. The van der Waals surface area contributed by atoms with E-state index in [1.165, 1.54) is 0 Å². The number of hydrogen-bond acceptors (Lipinski definition) is 5. The molecule has 0 spiro atoms. The Morgan fingerprint density at radius 1 is 1.18 bits per heavy atom. The van der Waals surface area contributed by atoms with Gasteiger partial charge in [-0.1, -0.05) is 0 Å². The fraction of sp³-hybridized carbons (Fsp3) is 0.571. The molecule has 1 unspecified atom stereocenters. The summed E-state index contributed by atoms with van der Waals surface area (Å²) < 4.78 is 4.12. The fourth-order valence-corrected chi connectivity index (χ4v) is 0.775. The third kappa shape index (κ3) is 9.03. The van der Waals surface area contributed by atoms with Crippen LogP contribution < -0.4 is 29.6 Å². The van der Waals surface area contributed by atoms with Crippen molar-refractivity contribution in [2.75, 3.05) is 7.11 Å². The maximum absolute atomic E-state index is 10.7. The van der Waals surface area contributed by atoms with Crippen molar-refractivity contribution in [2.45, 2.75) is 18.4 Å². The molecule has 0 amide bonds. The van der Waals surface area contributed by atoms with E-state index in [9.17, 15) is 19.5 Å². The van der Waals surface area contributed by atoms with E-state index in [1.54, 1.807) is 0 Å². The average Bonchev–Trinajstić information content (AvgIpc) is 2.02. The molecular formula is C7H15NaO9. The second kappa shape index (κ2) is 10.4. The van der Waals surface area contributed by atoms with Crippen LogP contribution in [-0.2, 0) is 19.1 Å². The number of carbonyl (C=O) groups excluding carboxylic acids is 1. The maximum Gasteiger partial charge on any atom is 1.00 e. The van der Waals surface area contributed by atoms with Gasteiger partial charge < -0.3 is 32.4 Å². The van der Waals surface area contributed by atoms with E-state index >= 15 is 0 Å². The Bertz CT molecular complexity index is 272. The van der Waals surface area contributed by atoms with Gasteiger partial charge in [0.15, 0.2) is 5.60 Å². The zero-order valence-corrected chi connectivity index (χ0v) is 11.4. The van der Waals surface area contributed by atoms with Gasteiger partial charge in [-0.15, -0.1) is 0 Å². The first kappa shape index (κ1) is 25.2. The van der Waals surface area contributed by atoms with E-state index in [2.05, 4.69) is 4.74 Å². The molecule has 10 heteroatoms. The van der Waals surface area contributed by atoms with Crippen molar-refractivity contribution < 1.29 is 76.4 Å². The van der Waals surface area contributed by atoms with Crippen molar-refractivity contribution in [3.8, 4) is 0 Å². The number of aliphatic carboxylic acids is 2. The zero-order valence-electron chi connectivity index (χ0n) is 10.4. The summed E-state index contributed by atoms with van der Waals surface area (Å²) in [5.41, 5.74) is -2.61. The number of carboxylic acid groups (broad SMARTS) is 2. The van der Waals surface area contributed by atoms with Crippen molar-refractivity contribution in [3.63, 3.8) is 0 Å². The van der Waals surface area contributed by atoms with Crippen LogP contribution in [0.4, 0.5) is 0 Å². The van der Waals surface area contributed by atoms with Gasteiger partial charge in [0.1, 0.15) is 0 Å². The minimum absolute atomic E-state index is 0. The molecule has 0 radical (unpaired) electrons. The molecule has 0 aromatic carbocycles. The summed E-state index contributed by atoms with van der Waals surface area (Å²) in [6.45, 7) is 0. The van der Waals surface area contributed by atoms with Gasteiger partial charge in [0, 0.05) is 0 Å². The third-order valence-electron chi connectivity index (χ3n) is 1.51. The minimum atomic E-state index is -2.61. The first-order valence-electron chi connectivity index (χ1n) is 3.56. The van der Waals surface area contributed by atoms with E-state index < -0.39 is 36.4 Å². The third-order valence-corrected chi connectivity index (χ3v) is 1.51. The van der Waals surface area contributed by atoms with Crippen LogP contribution in [0, 0.1) is 0 Å². The summed E-state index contributed by atoms with van der Waals surface area (Å²) in [5, 5.41) is 26.1. The first-order valence-corrected chi connectivity index (χ1v) is 3.56. The molecule has 0 bridgehead atoms. The molecule has 0 aromatic rings. The minimum Gasteiger partial charge on any atom is -1.00 e. The number of aliphatic hydroxyl groups is 1. The Kier molecular flexibility index (Phi) is 15.5. The fourth-order valence-electron chi connectivity index (χ4n) is 0.775. The zero-order chi connectivity index (χ0) is 11.4. The Morgan fingerprint density at radius 2 is 1.59 bits per heavy atom. The molecule has 0 rings (SSSR count). The molecule has 0 aliphatic heterocycles. The summed E-state index contributed by atoms with van der Waals surface area (Å²) >= 11 is 0. The van der Waals surface area contributed by atoms with Gasteiger partial charge in [0.05, 0.1) is 20.0 Å². The van der Waals surface area contributed by atoms with Crippen LogP contribution in [0.15, 0.2) is 0 Å². The van der Waals surface area contributed by atoms with E-state index in [-0.39, 0.29) is 41.9 Å². The normalized spacial score (nSPS) is 11.6. The summed E-state index contributed by atoms with van der Waals surface area (Å²) in [6.07, 6.45) is -1.96. The largest absolute Gasteiger partial charge is 1.00 e. The monoisotopic (exact) mass is 266 g/mol. The molecular weight excluding hydrogens is 251 g/mol. The Balaban J connectivity index is -0.000000141. The standard InChI is InChI=1S/C7H10O7.Na.2H2O.H/c1-14-5(10)3-7(13,6(11)12)2-4(8)9;;;;/h13H,2-3H2,1H3,(H,8,9)(H,11,12);;2*1H2;/q;+1;;;-1. The van der Waals surface area contributed by atoms with E-state index in [4.69, 9.17) is 10.2 Å². The molecule has 0 fully saturated rings. The second-order valence-corrected chi connectivity index (χ2v) is 2.66. The molecule has 98 valence electrons. The Morgan fingerprint density at radius 3 is 1.82 bits per heavy atom. The van der Waals surface area contributed by atoms with Gasteiger partial charge in [-0.2, -0.15) is 0 Å². The number of methoxy groups -OCH3 is 1. The van der Waals surface area contributed by atoms with Crippen LogP contribution in [0.1, 0.15) is 14.3 Å². The van der Waals surface area contributed by atoms with Crippen LogP contribution in [-0.4, -0.2) is 56.9 Å². The average molecular weight is 266 g/mol. The molecule has 7 N–H and O–H groups in total. The number of carboxylic acids is 2. The molecule has 17 heavy (non-hydrogen) atoms. The van der Waals surface area contributed by atoms with E-state index in [0.29, 0.717) is 0 Å². The molecule has 0 aliphatic carbocycles. The van der Waals surface area contributed by atoms with Gasteiger partial charge in [0.2, 0.25) is 0 Å². The summed E-state index contributed by atoms with van der Waals surface area (Å²) in [6, 6.07) is 0. The molecule has 0 aliphatic rings. The van der Waals surface area contributed by atoms with Crippen LogP contribution in [0.25, 0.3) is 0 Å². The number of ether oxygens (including phenoxy) is 1. The molecule has 9 nitrogen and oxygen atoms in total. The van der Waals surface area contributed by atoms with Gasteiger partial charge in [-0.3, -0.25) is 9.59 Å². The van der Waals surface area contributed by atoms with Gasteiger partial charge in [0.25, 0.3) is 0 Å². The molecule has 0 saturated carbocycles. The summed E-state index contributed by atoms with van der Waals surface area (Å²) in [4.78, 5) is 31.4. The first-order chi connectivity index (χ1) is 6.31. The van der Waals surface area contributed by atoms with E-state index in [1.807, 2.05) is 0 Å². The predicted octanol–water partition coefficient (Wildman–Crippen LogP) is -5.69. The Labute approximate surface area is 120 Å². The van der Waals surface area contributed by atoms with Crippen molar-refractivity contribution in [2.24, 2.45) is 0 Å². The smallest absolute Gasteiger partial charge is 1.00 e. The number of carbonyl (C=O) groups is 3. The SMILES string of the molecule is COC(=O)CC(O)(CC(=O)O)C(=O)O.O.O.[H-].[Na+]. The van der Waals surface area contributed by atoms with Crippen molar-refractivity contribution in [1.29, 1.82) is 0 Å². The second-order valence-electron chi connectivity index (χ2n) is 2.66. The van der Waals surface area contributed by atoms with Gasteiger partial charge >= 0.3 is 47.5 Å². The molecule has 1 atom stereocenters. The van der Waals surface area contributed by atoms with Crippen LogP contribution >= 0.6 is 0 Å². The summed E-state index contributed by atoms with van der Waals surface area (Å²) in [5.74, 6) is -4.28. The van der Waals surface area contributed by atoms with Gasteiger partial charge in [-0.05, 0) is 0 Å². The van der Waals surface area contributed by atoms with Crippen molar-refractivity contribution in [1.82, 2.24) is 0 Å². The van der Waals surface area contributed by atoms with Crippen molar-refractivity contribution in [3.05, 3.63) is 0 Å². The Hall–Kier alpha value is -0.710. The molecule has 0 saturated heterocycles. The van der Waals surface area contributed by atoms with Crippen LogP contribution in [0.2, 0.25) is 0 Å². The van der Waals surface area contributed by atoms with E-state index in [0.717, 1.165) is 7.11 Å². The molecule has 0 heterocycles. The topological polar surface area (TPSA) is 184 Å². The quantitative estimate of drug-likeness (QED) is 0.326. The molecule has 0 aromatic heterocycles. The summed E-state index contributed by atoms with van der Waals surface area (Å²) in [7, 11) is 1.01.